The number of sulfonamides is 1. The molecule has 2 N–H and O–H groups in total. The van der Waals surface area contributed by atoms with Crippen LogP contribution in [0, 0.1) is 0 Å². The van der Waals surface area contributed by atoms with E-state index in [0.29, 0.717) is 24.7 Å². The zero-order valence-corrected chi connectivity index (χ0v) is 12.7. The predicted octanol–water partition coefficient (Wildman–Crippen LogP) is 1.40. The molecule has 2 heterocycles. The molecule has 1 atom stereocenters. The number of rotatable bonds is 3. The third-order valence-corrected chi connectivity index (χ3v) is 5.56. The Morgan fingerprint density at radius 3 is 2.95 bits per heavy atom. The monoisotopic (exact) mass is 326 g/mol. The number of aromatic nitrogens is 2. The number of imidazole rings is 1. The molecule has 1 aromatic heterocycles. The minimum atomic E-state index is -3.60. The van der Waals surface area contributed by atoms with E-state index < -0.39 is 10.0 Å². The highest BCUT2D eigenvalue weighted by Crippen LogP contribution is 2.29. The van der Waals surface area contributed by atoms with Gasteiger partial charge in [0.1, 0.15) is 0 Å². The van der Waals surface area contributed by atoms with Gasteiger partial charge in [0.15, 0.2) is 5.03 Å². The average molecular weight is 327 g/mol. The van der Waals surface area contributed by atoms with Crippen LogP contribution >= 0.6 is 11.6 Å². The minimum absolute atomic E-state index is 0.108. The topological polar surface area (TPSA) is 78.1 Å². The van der Waals surface area contributed by atoms with Crippen molar-refractivity contribution >= 4 is 21.6 Å². The molecule has 0 saturated carbocycles. The maximum Gasteiger partial charge on any atom is 0.260 e. The van der Waals surface area contributed by atoms with Gasteiger partial charge < -0.3 is 10.3 Å². The molecule has 8 heteroatoms. The number of nitrogens with one attached hydrogen (secondary N) is 2. The van der Waals surface area contributed by atoms with E-state index in [1.165, 1.54) is 16.8 Å². The lowest BCUT2D eigenvalue weighted by Gasteiger charge is -2.35. The standard InChI is InChI=1S/C13H15ClN4O2S/c14-11-3-1-2-10(6-11)12-7-15-4-5-18(12)21(19,20)13-8-16-9-17-13/h1-3,6,8-9,12,15H,4-5,7H2,(H,16,17). The van der Waals surface area contributed by atoms with Gasteiger partial charge in [-0.25, -0.2) is 13.4 Å². The van der Waals surface area contributed by atoms with Gasteiger partial charge in [-0.15, -0.1) is 0 Å². The summed E-state index contributed by atoms with van der Waals surface area (Å²) in [7, 11) is -3.60. The largest absolute Gasteiger partial charge is 0.335 e. The third-order valence-electron chi connectivity index (χ3n) is 3.49. The summed E-state index contributed by atoms with van der Waals surface area (Å²) >= 11 is 6.02. The molecule has 0 radical (unpaired) electrons. The highest BCUT2D eigenvalue weighted by Gasteiger charge is 2.35. The van der Waals surface area contributed by atoms with E-state index in [0.717, 1.165) is 5.56 Å². The molecule has 1 aliphatic rings. The maximum atomic E-state index is 12.7. The first kappa shape index (κ1) is 14.5. The van der Waals surface area contributed by atoms with E-state index in [9.17, 15) is 8.42 Å². The summed E-state index contributed by atoms with van der Waals surface area (Å²) in [4.78, 5) is 6.47. The van der Waals surface area contributed by atoms with E-state index in [4.69, 9.17) is 11.6 Å². The third kappa shape index (κ3) is 2.82. The van der Waals surface area contributed by atoms with E-state index >= 15 is 0 Å². The molecule has 0 amide bonds. The van der Waals surface area contributed by atoms with Crippen LogP contribution in [0.25, 0.3) is 0 Å². The molecule has 1 unspecified atom stereocenters. The van der Waals surface area contributed by atoms with Crippen LogP contribution in [0.1, 0.15) is 11.6 Å². The predicted molar refractivity (Wildman–Crippen MR) is 79.5 cm³/mol. The number of halogens is 1. The minimum Gasteiger partial charge on any atom is -0.335 e. The van der Waals surface area contributed by atoms with Crippen LogP contribution in [0.4, 0.5) is 0 Å². The molecular formula is C13H15ClN4O2S. The van der Waals surface area contributed by atoms with Crippen molar-refractivity contribution in [3.8, 4) is 0 Å². The van der Waals surface area contributed by atoms with Crippen molar-refractivity contribution < 1.29 is 8.42 Å². The zero-order valence-electron chi connectivity index (χ0n) is 11.2. The number of benzene rings is 1. The fourth-order valence-electron chi connectivity index (χ4n) is 2.48. The summed E-state index contributed by atoms with van der Waals surface area (Å²) in [6, 6.07) is 7.00. The second kappa shape index (κ2) is 5.76. The summed E-state index contributed by atoms with van der Waals surface area (Å²) in [5.74, 6) is 0. The van der Waals surface area contributed by atoms with Crippen LogP contribution in [0.2, 0.25) is 5.02 Å². The highest BCUT2D eigenvalue weighted by atomic mass is 35.5. The first-order chi connectivity index (χ1) is 10.1. The summed E-state index contributed by atoms with van der Waals surface area (Å²) in [6.07, 6.45) is 2.69. The molecule has 0 aliphatic carbocycles. The van der Waals surface area contributed by atoms with Gasteiger partial charge in [-0.1, -0.05) is 23.7 Å². The van der Waals surface area contributed by atoms with Crippen molar-refractivity contribution in [3.63, 3.8) is 0 Å². The molecule has 112 valence electrons. The van der Waals surface area contributed by atoms with Gasteiger partial charge in [0.25, 0.3) is 10.0 Å². The Morgan fingerprint density at radius 2 is 2.24 bits per heavy atom. The van der Waals surface area contributed by atoms with E-state index in [-0.39, 0.29) is 11.1 Å². The molecule has 1 aliphatic heterocycles. The number of piperazine rings is 1. The van der Waals surface area contributed by atoms with Gasteiger partial charge in [0.2, 0.25) is 0 Å². The van der Waals surface area contributed by atoms with Gasteiger partial charge in [0, 0.05) is 24.7 Å². The fraction of sp³-hybridized carbons (Fsp3) is 0.308. The van der Waals surface area contributed by atoms with E-state index in [1.54, 1.807) is 12.1 Å². The number of hydrogen-bond acceptors (Lipinski definition) is 4. The van der Waals surface area contributed by atoms with Gasteiger partial charge in [-0.05, 0) is 17.7 Å². The Balaban J connectivity index is 1.99. The molecular weight excluding hydrogens is 312 g/mol. The number of nitrogens with zero attached hydrogens (tertiary/aromatic N) is 2. The van der Waals surface area contributed by atoms with E-state index in [1.807, 2.05) is 12.1 Å². The van der Waals surface area contributed by atoms with Crippen LogP contribution < -0.4 is 5.32 Å². The molecule has 1 fully saturated rings. The van der Waals surface area contributed by atoms with Gasteiger partial charge in [-0.3, -0.25) is 0 Å². The number of aromatic amines is 1. The molecule has 1 aromatic carbocycles. The van der Waals surface area contributed by atoms with Crippen LogP contribution in [0.5, 0.6) is 0 Å². The van der Waals surface area contributed by atoms with Gasteiger partial charge in [0.05, 0.1) is 18.6 Å². The van der Waals surface area contributed by atoms with Crippen molar-refractivity contribution in [2.75, 3.05) is 19.6 Å². The maximum absolute atomic E-state index is 12.7. The lowest BCUT2D eigenvalue weighted by molar-refractivity contribution is 0.271. The van der Waals surface area contributed by atoms with Crippen LogP contribution in [0.15, 0.2) is 41.8 Å². The molecule has 2 aromatic rings. The van der Waals surface area contributed by atoms with E-state index in [2.05, 4.69) is 15.3 Å². The second-order valence-corrected chi connectivity index (χ2v) is 7.10. The molecule has 21 heavy (non-hydrogen) atoms. The smallest absolute Gasteiger partial charge is 0.260 e. The van der Waals surface area contributed by atoms with Gasteiger partial charge in [-0.2, -0.15) is 4.31 Å². The average Bonchev–Trinajstić information content (AvgIpc) is 3.02. The second-order valence-electron chi connectivity index (χ2n) is 4.81. The van der Waals surface area contributed by atoms with Crippen LogP contribution in [0.3, 0.4) is 0 Å². The van der Waals surface area contributed by atoms with Crippen molar-refractivity contribution in [2.24, 2.45) is 0 Å². The Hall–Kier alpha value is -1.41. The van der Waals surface area contributed by atoms with Gasteiger partial charge >= 0.3 is 0 Å². The summed E-state index contributed by atoms with van der Waals surface area (Å²) < 4.78 is 26.9. The normalized spacial score (nSPS) is 20.5. The summed E-state index contributed by atoms with van der Waals surface area (Å²) in [5.41, 5.74) is 0.873. The molecule has 3 rings (SSSR count). The van der Waals surface area contributed by atoms with Crippen LogP contribution in [-0.2, 0) is 10.0 Å². The first-order valence-corrected chi connectivity index (χ1v) is 8.37. The summed E-state index contributed by atoms with van der Waals surface area (Å²) in [6.45, 7) is 1.57. The lowest BCUT2D eigenvalue weighted by atomic mass is 10.1. The van der Waals surface area contributed by atoms with Crippen LogP contribution in [-0.4, -0.2) is 42.3 Å². The van der Waals surface area contributed by atoms with Crippen molar-refractivity contribution in [1.82, 2.24) is 19.6 Å². The first-order valence-electron chi connectivity index (χ1n) is 6.55. The Bertz CT molecular complexity index is 718. The Morgan fingerprint density at radius 1 is 1.38 bits per heavy atom. The lowest BCUT2D eigenvalue weighted by Crippen LogP contribution is -2.48. The molecule has 1 saturated heterocycles. The fourth-order valence-corrected chi connectivity index (χ4v) is 4.19. The molecule has 0 spiro atoms. The van der Waals surface area contributed by atoms with Crippen molar-refractivity contribution in [1.29, 1.82) is 0 Å². The molecule has 0 bridgehead atoms. The number of hydrogen-bond donors (Lipinski definition) is 2. The highest BCUT2D eigenvalue weighted by molar-refractivity contribution is 7.89. The Labute approximate surface area is 128 Å². The number of H-pyrrole nitrogens is 1. The zero-order chi connectivity index (χ0) is 14.9. The quantitative estimate of drug-likeness (QED) is 0.893. The summed E-state index contributed by atoms with van der Waals surface area (Å²) in [5, 5.41) is 3.93. The van der Waals surface area contributed by atoms with Crippen molar-refractivity contribution in [2.45, 2.75) is 11.1 Å². The Kier molecular flexibility index (Phi) is 3.99. The van der Waals surface area contributed by atoms with Crippen molar-refractivity contribution in [3.05, 3.63) is 47.4 Å². The SMILES string of the molecule is O=S(=O)(c1cnc[nH]1)N1CCNCC1c1cccc(Cl)c1. The molecule has 6 nitrogen and oxygen atoms in total.